The number of hydrogen-bond acceptors (Lipinski definition) is 3. The molecule has 1 aliphatic carbocycles. The van der Waals surface area contributed by atoms with E-state index in [1.165, 1.54) is 31.2 Å². The normalized spacial score (nSPS) is 20.1. The molecular weight excluding hydrogens is 242 g/mol. The fourth-order valence-corrected chi connectivity index (χ4v) is 3.57. The van der Waals surface area contributed by atoms with E-state index >= 15 is 0 Å². The Morgan fingerprint density at radius 3 is 2.89 bits per heavy atom. The summed E-state index contributed by atoms with van der Waals surface area (Å²) >= 11 is 1.75. The molecule has 2 atom stereocenters. The van der Waals surface area contributed by atoms with Gasteiger partial charge in [0.15, 0.2) is 0 Å². The zero-order chi connectivity index (χ0) is 12.8. The van der Waals surface area contributed by atoms with Crippen molar-refractivity contribution in [2.24, 2.45) is 5.92 Å². The monoisotopic (exact) mass is 267 g/mol. The summed E-state index contributed by atoms with van der Waals surface area (Å²) in [5, 5.41) is 17.8. The van der Waals surface area contributed by atoms with Gasteiger partial charge in [-0.05, 0) is 48.1 Å². The van der Waals surface area contributed by atoms with Crippen LogP contribution in [-0.2, 0) is 6.42 Å². The van der Waals surface area contributed by atoms with Crippen LogP contribution in [0.15, 0.2) is 16.8 Å². The third-order valence-electron chi connectivity index (χ3n) is 3.90. The number of rotatable bonds is 7. The first-order valence-corrected chi connectivity index (χ1v) is 8.11. The molecule has 1 saturated carbocycles. The lowest BCUT2D eigenvalue weighted by Crippen LogP contribution is -2.35. The molecule has 1 heterocycles. The lowest BCUT2D eigenvalue weighted by atomic mass is 10.00. The van der Waals surface area contributed by atoms with E-state index in [0.717, 1.165) is 25.3 Å². The molecule has 2 rings (SSSR count). The molecule has 0 spiro atoms. The summed E-state index contributed by atoms with van der Waals surface area (Å²) in [6.45, 7) is 2.93. The Bertz CT molecular complexity index is 319. The summed E-state index contributed by atoms with van der Waals surface area (Å²) in [5.41, 5.74) is 1.39. The highest BCUT2D eigenvalue weighted by Crippen LogP contribution is 2.28. The van der Waals surface area contributed by atoms with Crippen molar-refractivity contribution in [3.63, 3.8) is 0 Å². The minimum absolute atomic E-state index is 0.168. The van der Waals surface area contributed by atoms with Crippen molar-refractivity contribution < 1.29 is 5.11 Å². The lowest BCUT2D eigenvalue weighted by Gasteiger charge is -2.19. The van der Waals surface area contributed by atoms with Gasteiger partial charge in [0.2, 0.25) is 0 Å². The maximum Gasteiger partial charge on any atom is 0.0667 e. The van der Waals surface area contributed by atoms with Gasteiger partial charge in [-0.25, -0.2) is 0 Å². The first-order valence-electron chi connectivity index (χ1n) is 7.16. The van der Waals surface area contributed by atoms with Gasteiger partial charge < -0.3 is 10.4 Å². The van der Waals surface area contributed by atoms with Gasteiger partial charge in [0.25, 0.3) is 0 Å². The van der Waals surface area contributed by atoms with Gasteiger partial charge in [0.1, 0.15) is 0 Å². The van der Waals surface area contributed by atoms with Crippen LogP contribution < -0.4 is 5.32 Å². The van der Waals surface area contributed by atoms with Crippen LogP contribution in [-0.4, -0.2) is 23.8 Å². The Labute approximate surface area is 114 Å². The molecule has 0 aliphatic heterocycles. The Kier molecular flexibility index (Phi) is 5.67. The predicted octanol–water partition coefficient (Wildman–Crippen LogP) is 3.21. The van der Waals surface area contributed by atoms with E-state index in [2.05, 4.69) is 29.1 Å². The van der Waals surface area contributed by atoms with E-state index in [1.807, 2.05) is 0 Å². The molecule has 1 aromatic heterocycles. The quantitative estimate of drug-likeness (QED) is 0.795. The molecule has 0 saturated heterocycles. The highest BCUT2D eigenvalue weighted by atomic mass is 32.1. The fourth-order valence-electron chi connectivity index (χ4n) is 2.89. The SMILES string of the molecule is CC(Cc1ccsc1)NCC(O)CC1CCCC1. The molecule has 2 unspecified atom stereocenters. The van der Waals surface area contributed by atoms with Gasteiger partial charge in [0, 0.05) is 12.6 Å². The van der Waals surface area contributed by atoms with Crippen molar-refractivity contribution in [1.29, 1.82) is 0 Å². The minimum Gasteiger partial charge on any atom is -0.392 e. The van der Waals surface area contributed by atoms with Crippen LogP contribution in [0.2, 0.25) is 0 Å². The van der Waals surface area contributed by atoms with Gasteiger partial charge in [0.05, 0.1) is 6.10 Å². The lowest BCUT2D eigenvalue weighted by molar-refractivity contribution is 0.137. The van der Waals surface area contributed by atoms with Crippen molar-refractivity contribution in [1.82, 2.24) is 5.32 Å². The van der Waals surface area contributed by atoms with Crippen molar-refractivity contribution in [2.75, 3.05) is 6.54 Å². The van der Waals surface area contributed by atoms with Crippen molar-refractivity contribution in [3.05, 3.63) is 22.4 Å². The summed E-state index contributed by atoms with van der Waals surface area (Å²) in [4.78, 5) is 0. The number of nitrogens with one attached hydrogen (secondary N) is 1. The molecule has 0 radical (unpaired) electrons. The molecular formula is C15H25NOS. The van der Waals surface area contributed by atoms with E-state index in [0.29, 0.717) is 6.04 Å². The zero-order valence-corrected chi connectivity index (χ0v) is 12.1. The van der Waals surface area contributed by atoms with Crippen LogP contribution in [0.4, 0.5) is 0 Å². The molecule has 102 valence electrons. The Morgan fingerprint density at radius 1 is 1.44 bits per heavy atom. The smallest absolute Gasteiger partial charge is 0.0667 e. The second-order valence-corrected chi connectivity index (χ2v) is 6.47. The molecule has 0 aromatic carbocycles. The van der Waals surface area contributed by atoms with Crippen molar-refractivity contribution in [2.45, 2.75) is 57.6 Å². The third kappa shape index (κ3) is 4.71. The number of thiophene rings is 1. The van der Waals surface area contributed by atoms with Crippen molar-refractivity contribution in [3.8, 4) is 0 Å². The molecule has 2 N–H and O–H groups in total. The largest absolute Gasteiger partial charge is 0.392 e. The van der Waals surface area contributed by atoms with Gasteiger partial charge in [-0.3, -0.25) is 0 Å². The maximum atomic E-state index is 10.0. The standard InChI is InChI=1S/C15H25NOS/c1-12(8-14-6-7-18-11-14)16-10-15(17)9-13-4-2-3-5-13/h6-7,11-13,15-17H,2-5,8-10H2,1H3. The molecule has 1 fully saturated rings. The minimum atomic E-state index is -0.168. The van der Waals surface area contributed by atoms with E-state index in [4.69, 9.17) is 0 Å². The summed E-state index contributed by atoms with van der Waals surface area (Å²) in [6, 6.07) is 2.62. The second-order valence-electron chi connectivity index (χ2n) is 5.69. The average Bonchev–Trinajstić information content (AvgIpc) is 2.99. The Hall–Kier alpha value is -0.380. The average molecular weight is 267 g/mol. The molecule has 0 amide bonds. The molecule has 3 heteroatoms. The van der Waals surface area contributed by atoms with Crippen LogP contribution in [0.5, 0.6) is 0 Å². The van der Waals surface area contributed by atoms with Crippen LogP contribution in [0.1, 0.15) is 44.6 Å². The topological polar surface area (TPSA) is 32.3 Å². The first kappa shape index (κ1) is 14.0. The zero-order valence-electron chi connectivity index (χ0n) is 11.3. The van der Waals surface area contributed by atoms with Crippen LogP contribution in [0.25, 0.3) is 0 Å². The molecule has 1 aliphatic rings. The van der Waals surface area contributed by atoms with Gasteiger partial charge in [-0.15, -0.1) is 0 Å². The Morgan fingerprint density at radius 2 is 2.22 bits per heavy atom. The number of aliphatic hydroxyl groups is 1. The van der Waals surface area contributed by atoms with Crippen LogP contribution in [0, 0.1) is 5.92 Å². The fraction of sp³-hybridized carbons (Fsp3) is 0.733. The van der Waals surface area contributed by atoms with E-state index in [-0.39, 0.29) is 6.10 Å². The predicted molar refractivity (Wildman–Crippen MR) is 78.1 cm³/mol. The van der Waals surface area contributed by atoms with Gasteiger partial charge in [-0.2, -0.15) is 11.3 Å². The van der Waals surface area contributed by atoms with E-state index < -0.39 is 0 Å². The molecule has 18 heavy (non-hydrogen) atoms. The summed E-state index contributed by atoms with van der Waals surface area (Å²) in [7, 11) is 0. The van der Waals surface area contributed by atoms with Crippen LogP contribution in [0.3, 0.4) is 0 Å². The summed E-state index contributed by atoms with van der Waals surface area (Å²) in [5.74, 6) is 0.772. The molecule has 2 nitrogen and oxygen atoms in total. The summed E-state index contributed by atoms with van der Waals surface area (Å²) in [6.07, 6.45) is 7.23. The van der Waals surface area contributed by atoms with Gasteiger partial charge in [-0.1, -0.05) is 25.7 Å². The third-order valence-corrected chi connectivity index (χ3v) is 4.64. The highest BCUT2D eigenvalue weighted by Gasteiger charge is 2.18. The van der Waals surface area contributed by atoms with Crippen molar-refractivity contribution >= 4 is 11.3 Å². The number of aliphatic hydroxyl groups excluding tert-OH is 1. The van der Waals surface area contributed by atoms with Crippen LogP contribution >= 0.6 is 11.3 Å². The highest BCUT2D eigenvalue weighted by molar-refractivity contribution is 7.07. The van der Waals surface area contributed by atoms with E-state index in [1.54, 1.807) is 11.3 Å². The van der Waals surface area contributed by atoms with E-state index in [9.17, 15) is 5.11 Å². The second kappa shape index (κ2) is 7.27. The molecule has 0 bridgehead atoms. The van der Waals surface area contributed by atoms with Gasteiger partial charge >= 0.3 is 0 Å². The first-order chi connectivity index (χ1) is 8.74. The maximum absolute atomic E-state index is 10.0. The summed E-state index contributed by atoms with van der Waals surface area (Å²) < 4.78 is 0. The molecule has 1 aromatic rings. The number of hydrogen-bond donors (Lipinski definition) is 2. The Balaban J connectivity index is 1.61.